The maximum absolute atomic E-state index is 10.8. The van der Waals surface area contributed by atoms with Crippen molar-refractivity contribution in [3.05, 3.63) is 26.3 Å². The molecule has 0 aliphatic carbocycles. The molecule has 1 aliphatic rings. The third kappa shape index (κ3) is 2.32. The standard InChI is InChI=1S/C11H14BrN3O3/c1-7-8(15(17)18)5-13-10(9(7)12)14-4-3-11(2,16)6-14/h5,16H,3-4,6H2,1-2H3. The van der Waals surface area contributed by atoms with Crippen molar-refractivity contribution in [1.29, 1.82) is 0 Å². The lowest BCUT2D eigenvalue weighted by Gasteiger charge is -2.21. The first-order valence-electron chi connectivity index (χ1n) is 5.58. The zero-order valence-electron chi connectivity index (χ0n) is 10.2. The molecule has 0 saturated carbocycles. The van der Waals surface area contributed by atoms with Gasteiger partial charge in [-0.2, -0.15) is 0 Å². The molecule has 1 fully saturated rings. The summed E-state index contributed by atoms with van der Waals surface area (Å²) in [6.07, 6.45) is 1.93. The summed E-state index contributed by atoms with van der Waals surface area (Å²) in [5.74, 6) is 0.649. The van der Waals surface area contributed by atoms with Gasteiger partial charge >= 0.3 is 0 Å². The molecular weight excluding hydrogens is 302 g/mol. The van der Waals surface area contributed by atoms with Gasteiger partial charge in [0.05, 0.1) is 15.0 Å². The van der Waals surface area contributed by atoms with E-state index in [4.69, 9.17) is 0 Å². The molecule has 1 aliphatic heterocycles. The Morgan fingerprint density at radius 2 is 2.33 bits per heavy atom. The van der Waals surface area contributed by atoms with E-state index in [2.05, 4.69) is 20.9 Å². The second-order valence-corrected chi connectivity index (χ2v) is 5.62. The van der Waals surface area contributed by atoms with Crippen LogP contribution in [-0.4, -0.2) is 33.7 Å². The van der Waals surface area contributed by atoms with Crippen molar-refractivity contribution in [3.63, 3.8) is 0 Å². The number of hydrogen-bond donors (Lipinski definition) is 1. The first-order chi connectivity index (χ1) is 8.32. The van der Waals surface area contributed by atoms with Crippen molar-refractivity contribution in [2.45, 2.75) is 25.9 Å². The van der Waals surface area contributed by atoms with Gasteiger partial charge in [0.2, 0.25) is 0 Å². The number of hydrogen-bond acceptors (Lipinski definition) is 5. The number of rotatable bonds is 2. The van der Waals surface area contributed by atoms with Gasteiger partial charge in [-0.05, 0) is 36.2 Å². The molecule has 6 nitrogen and oxygen atoms in total. The number of aliphatic hydroxyl groups is 1. The van der Waals surface area contributed by atoms with Gasteiger partial charge in [0.25, 0.3) is 5.69 Å². The highest BCUT2D eigenvalue weighted by Crippen LogP contribution is 2.35. The number of nitrogens with zero attached hydrogens (tertiary/aromatic N) is 3. The molecule has 7 heteroatoms. The summed E-state index contributed by atoms with van der Waals surface area (Å²) in [6, 6.07) is 0. The van der Waals surface area contributed by atoms with Crippen LogP contribution in [-0.2, 0) is 0 Å². The van der Waals surface area contributed by atoms with Crippen molar-refractivity contribution >= 4 is 27.4 Å². The van der Waals surface area contributed by atoms with Crippen molar-refractivity contribution in [1.82, 2.24) is 4.98 Å². The third-order valence-corrected chi connectivity index (χ3v) is 4.12. The van der Waals surface area contributed by atoms with Crippen molar-refractivity contribution in [2.75, 3.05) is 18.0 Å². The fraction of sp³-hybridized carbons (Fsp3) is 0.545. The molecule has 1 N–H and O–H groups in total. The van der Waals surface area contributed by atoms with E-state index in [0.29, 0.717) is 35.4 Å². The second kappa shape index (κ2) is 4.47. The van der Waals surface area contributed by atoms with Crippen LogP contribution >= 0.6 is 15.9 Å². The normalized spacial score (nSPS) is 23.4. The van der Waals surface area contributed by atoms with Crippen LogP contribution in [0.15, 0.2) is 10.7 Å². The molecule has 18 heavy (non-hydrogen) atoms. The molecule has 2 rings (SSSR count). The summed E-state index contributed by atoms with van der Waals surface area (Å²) in [5, 5.41) is 20.7. The van der Waals surface area contributed by atoms with E-state index in [1.54, 1.807) is 13.8 Å². The Morgan fingerprint density at radius 3 is 2.83 bits per heavy atom. The molecular formula is C11H14BrN3O3. The van der Waals surface area contributed by atoms with Gasteiger partial charge in [-0.3, -0.25) is 10.1 Å². The van der Waals surface area contributed by atoms with E-state index in [0.717, 1.165) is 0 Å². The van der Waals surface area contributed by atoms with Crippen molar-refractivity contribution in [3.8, 4) is 0 Å². The Balaban J connectivity index is 2.37. The van der Waals surface area contributed by atoms with Gasteiger partial charge < -0.3 is 10.0 Å². The Kier molecular flexibility index (Phi) is 3.29. The zero-order valence-corrected chi connectivity index (χ0v) is 11.8. The topological polar surface area (TPSA) is 79.5 Å². The largest absolute Gasteiger partial charge is 0.388 e. The molecule has 0 spiro atoms. The first kappa shape index (κ1) is 13.2. The van der Waals surface area contributed by atoms with E-state index in [-0.39, 0.29) is 5.69 Å². The van der Waals surface area contributed by atoms with Gasteiger partial charge in [-0.15, -0.1) is 0 Å². The summed E-state index contributed by atoms with van der Waals surface area (Å²) in [4.78, 5) is 16.4. The first-order valence-corrected chi connectivity index (χ1v) is 6.38. The summed E-state index contributed by atoms with van der Waals surface area (Å²) in [6.45, 7) is 4.63. The second-order valence-electron chi connectivity index (χ2n) is 4.83. The van der Waals surface area contributed by atoms with E-state index < -0.39 is 10.5 Å². The highest BCUT2D eigenvalue weighted by molar-refractivity contribution is 9.10. The maximum Gasteiger partial charge on any atom is 0.291 e. The average molecular weight is 316 g/mol. The lowest BCUT2D eigenvalue weighted by Crippen LogP contribution is -2.30. The van der Waals surface area contributed by atoms with Crippen LogP contribution in [0.3, 0.4) is 0 Å². The monoisotopic (exact) mass is 315 g/mol. The minimum Gasteiger partial charge on any atom is -0.388 e. The van der Waals surface area contributed by atoms with Crippen LogP contribution in [0.5, 0.6) is 0 Å². The predicted molar refractivity (Wildman–Crippen MR) is 70.8 cm³/mol. The maximum atomic E-state index is 10.8. The lowest BCUT2D eigenvalue weighted by atomic mass is 10.1. The zero-order chi connectivity index (χ0) is 13.5. The lowest BCUT2D eigenvalue weighted by molar-refractivity contribution is -0.385. The molecule has 0 radical (unpaired) electrons. The van der Waals surface area contributed by atoms with Crippen molar-refractivity contribution in [2.24, 2.45) is 0 Å². The van der Waals surface area contributed by atoms with Gasteiger partial charge in [-0.25, -0.2) is 4.98 Å². The average Bonchev–Trinajstić information content (AvgIpc) is 2.62. The van der Waals surface area contributed by atoms with Crippen LogP contribution in [0, 0.1) is 17.0 Å². The third-order valence-electron chi connectivity index (χ3n) is 3.17. The van der Waals surface area contributed by atoms with Gasteiger partial charge in [-0.1, -0.05) is 0 Å². The van der Waals surface area contributed by atoms with Crippen LogP contribution in [0.4, 0.5) is 11.5 Å². The van der Waals surface area contributed by atoms with Crippen LogP contribution < -0.4 is 4.90 Å². The molecule has 1 aromatic rings. The number of β-amino-alcohol motifs (C(OH)–C–C–N with tert-alkyl or cyclic N) is 1. The van der Waals surface area contributed by atoms with E-state index in [9.17, 15) is 15.2 Å². The summed E-state index contributed by atoms with van der Waals surface area (Å²) in [7, 11) is 0. The van der Waals surface area contributed by atoms with E-state index in [1.807, 2.05) is 4.90 Å². The quantitative estimate of drug-likeness (QED) is 0.667. The highest BCUT2D eigenvalue weighted by Gasteiger charge is 2.33. The summed E-state index contributed by atoms with van der Waals surface area (Å²) in [5.41, 5.74) is -0.176. The smallest absolute Gasteiger partial charge is 0.291 e. The molecule has 0 bridgehead atoms. The van der Waals surface area contributed by atoms with Crippen molar-refractivity contribution < 1.29 is 10.0 Å². The molecule has 0 aromatic carbocycles. The Bertz CT molecular complexity index is 505. The number of pyridine rings is 1. The van der Waals surface area contributed by atoms with Crippen LogP contribution in [0.25, 0.3) is 0 Å². The van der Waals surface area contributed by atoms with Gasteiger partial charge in [0.1, 0.15) is 12.0 Å². The minimum atomic E-state index is -0.725. The molecule has 0 amide bonds. The highest BCUT2D eigenvalue weighted by atomic mass is 79.9. The van der Waals surface area contributed by atoms with E-state index >= 15 is 0 Å². The Hall–Kier alpha value is -1.21. The molecule has 1 saturated heterocycles. The Morgan fingerprint density at radius 1 is 1.67 bits per heavy atom. The molecule has 2 heterocycles. The molecule has 1 unspecified atom stereocenters. The fourth-order valence-electron chi connectivity index (χ4n) is 2.09. The van der Waals surface area contributed by atoms with E-state index in [1.165, 1.54) is 6.20 Å². The van der Waals surface area contributed by atoms with Crippen LogP contribution in [0.1, 0.15) is 18.9 Å². The van der Waals surface area contributed by atoms with Gasteiger partial charge in [0, 0.05) is 18.7 Å². The minimum absolute atomic E-state index is 0.00316. The van der Waals surface area contributed by atoms with Crippen LogP contribution in [0.2, 0.25) is 0 Å². The fourth-order valence-corrected chi connectivity index (χ4v) is 2.64. The van der Waals surface area contributed by atoms with Gasteiger partial charge in [0.15, 0.2) is 0 Å². The Labute approximate surface area is 113 Å². The SMILES string of the molecule is Cc1c([N+](=O)[O-])cnc(N2CCC(C)(O)C2)c1Br. The summed E-state index contributed by atoms with van der Waals surface area (Å²) >= 11 is 3.36. The molecule has 1 aromatic heterocycles. The number of anilines is 1. The summed E-state index contributed by atoms with van der Waals surface area (Å²) < 4.78 is 0.620. The number of halogens is 1. The molecule has 1 atom stereocenters. The predicted octanol–water partition coefficient (Wildman–Crippen LogP) is 2.02. The number of aromatic nitrogens is 1. The number of nitro groups is 1. The molecule has 98 valence electrons.